The average Bonchev–Trinajstić information content (AvgIpc) is 3.44. The normalized spacial score (nSPS) is 13.7. The molecule has 0 unspecified atom stereocenters. The van der Waals surface area contributed by atoms with Gasteiger partial charge in [0.05, 0.1) is 6.54 Å². The number of carbonyl (C=O) groups excluding carboxylic acids is 1. The third-order valence-electron chi connectivity index (χ3n) is 5.43. The van der Waals surface area contributed by atoms with Gasteiger partial charge in [0.1, 0.15) is 12.1 Å². The first-order valence-corrected chi connectivity index (χ1v) is 10.8. The summed E-state index contributed by atoms with van der Waals surface area (Å²) in [4.78, 5) is 18.8. The summed E-state index contributed by atoms with van der Waals surface area (Å²) in [6.45, 7) is 6.09. The van der Waals surface area contributed by atoms with Crippen molar-refractivity contribution >= 4 is 5.91 Å². The van der Waals surface area contributed by atoms with Crippen LogP contribution in [-0.2, 0) is 19.6 Å². The molecule has 6 heteroatoms. The number of oxazole rings is 1. The summed E-state index contributed by atoms with van der Waals surface area (Å²) in [5.41, 5.74) is 3.78. The van der Waals surface area contributed by atoms with Crippen molar-refractivity contribution in [3.05, 3.63) is 88.9 Å². The third kappa shape index (κ3) is 6.01. The minimum Gasteiger partial charge on any atom is -0.447 e. The fraction of sp³-hybridized carbons (Fsp3) is 0.360. The zero-order valence-corrected chi connectivity index (χ0v) is 18.0. The van der Waals surface area contributed by atoms with Crippen LogP contribution in [0, 0.1) is 5.82 Å². The Balaban J connectivity index is 1.48. The minimum absolute atomic E-state index is 0.188. The molecule has 1 amide bonds. The second-order valence-corrected chi connectivity index (χ2v) is 8.54. The van der Waals surface area contributed by atoms with Gasteiger partial charge in [-0.2, -0.15) is 0 Å². The third-order valence-corrected chi connectivity index (χ3v) is 5.43. The lowest BCUT2D eigenvalue weighted by Crippen LogP contribution is -2.26. The Morgan fingerprint density at radius 2 is 1.68 bits per heavy atom. The smallest absolute Gasteiger partial charge is 0.273 e. The highest BCUT2D eigenvalue weighted by Gasteiger charge is 2.25. The molecule has 1 fully saturated rings. The van der Waals surface area contributed by atoms with Crippen LogP contribution in [-0.4, -0.2) is 21.8 Å². The second-order valence-electron chi connectivity index (χ2n) is 8.54. The Labute approximate surface area is 182 Å². The number of rotatable bonds is 9. The molecule has 1 heterocycles. The number of nitrogens with one attached hydrogen (secondary N) is 1. The van der Waals surface area contributed by atoms with Crippen molar-refractivity contribution in [2.45, 2.75) is 58.3 Å². The van der Waals surface area contributed by atoms with Gasteiger partial charge in [0, 0.05) is 19.1 Å². The van der Waals surface area contributed by atoms with Gasteiger partial charge in [-0.3, -0.25) is 9.69 Å². The lowest BCUT2D eigenvalue weighted by atomic mass is 10.0. The van der Waals surface area contributed by atoms with Crippen LogP contribution in [0.1, 0.15) is 65.7 Å². The molecule has 0 bridgehead atoms. The van der Waals surface area contributed by atoms with Crippen molar-refractivity contribution in [3.8, 4) is 0 Å². The molecule has 31 heavy (non-hydrogen) atoms. The van der Waals surface area contributed by atoms with E-state index in [4.69, 9.17) is 4.42 Å². The number of amides is 1. The molecular weight excluding hydrogens is 393 g/mol. The first-order valence-electron chi connectivity index (χ1n) is 10.8. The summed E-state index contributed by atoms with van der Waals surface area (Å²) in [6.07, 6.45) is 3.47. The van der Waals surface area contributed by atoms with E-state index in [-0.39, 0.29) is 17.8 Å². The standard InChI is InChI=1S/C25H28FN3O2/c1-17(2)20-7-3-18(4-8-20)13-29(14-19-5-9-21(26)10-6-19)15-24-28-23(16-31-24)25(30)27-22-11-12-22/h3-10,16-17,22H,11-15H2,1-2H3,(H,27,30). The van der Waals surface area contributed by atoms with E-state index in [1.54, 1.807) is 12.1 Å². The first-order chi connectivity index (χ1) is 15.0. The molecule has 5 nitrogen and oxygen atoms in total. The van der Waals surface area contributed by atoms with Gasteiger partial charge >= 0.3 is 0 Å². The Morgan fingerprint density at radius 1 is 1.06 bits per heavy atom. The number of halogens is 1. The Kier molecular flexibility index (Phi) is 6.47. The maximum Gasteiger partial charge on any atom is 0.273 e. The highest BCUT2D eigenvalue weighted by molar-refractivity contribution is 5.92. The van der Waals surface area contributed by atoms with Gasteiger partial charge in [-0.15, -0.1) is 0 Å². The number of nitrogens with zero attached hydrogens (tertiary/aromatic N) is 2. The molecule has 0 atom stereocenters. The van der Waals surface area contributed by atoms with Gasteiger partial charge in [-0.1, -0.05) is 50.2 Å². The quantitative estimate of drug-likeness (QED) is 0.526. The first kappa shape index (κ1) is 21.2. The van der Waals surface area contributed by atoms with Gasteiger partial charge in [-0.25, -0.2) is 9.37 Å². The lowest BCUT2D eigenvalue weighted by molar-refractivity contribution is 0.0946. The summed E-state index contributed by atoms with van der Waals surface area (Å²) < 4.78 is 18.9. The van der Waals surface area contributed by atoms with Crippen molar-refractivity contribution < 1.29 is 13.6 Å². The second kappa shape index (κ2) is 9.43. The van der Waals surface area contributed by atoms with Crippen molar-refractivity contribution in [1.82, 2.24) is 15.2 Å². The molecule has 3 aromatic rings. The average molecular weight is 422 g/mol. The summed E-state index contributed by atoms with van der Waals surface area (Å²) >= 11 is 0. The van der Waals surface area contributed by atoms with Crippen LogP contribution in [0.25, 0.3) is 0 Å². The highest BCUT2D eigenvalue weighted by Crippen LogP contribution is 2.20. The number of benzene rings is 2. The summed E-state index contributed by atoms with van der Waals surface area (Å²) in [6, 6.07) is 15.4. The van der Waals surface area contributed by atoms with Crippen LogP contribution in [0.5, 0.6) is 0 Å². The molecule has 4 rings (SSSR count). The number of aromatic nitrogens is 1. The molecular formula is C25H28FN3O2. The minimum atomic E-state index is -0.251. The van der Waals surface area contributed by atoms with E-state index in [2.05, 4.69) is 53.3 Å². The molecule has 1 aliphatic rings. The molecule has 1 saturated carbocycles. The SMILES string of the molecule is CC(C)c1ccc(CN(Cc2ccc(F)cc2)Cc2nc(C(=O)NC3CC3)co2)cc1. The molecule has 1 aromatic heterocycles. The van der Waals surface area contributed by atoms with Gasteiger partial charge in [0.15, 0.2) is 5.69 Å². The lowest BCUT2D eigenvalue weighted by Gasteiger charge is -2.21. The van der Waals surface area contributed by atoms with E-state index in [1.807, 2.05) is 0 Å². The number of hydrogen-bond acceptors (Lipinski definition) is 4. The van der Waals surface area contributed by atoms with Crippen LogP contribution < -0.4 is 5.32 Å². The van der Waals surface area contributed by atoms with Crippen molar-refractivity contribution in [1.29, 1.82) is 0 Å². The van der Waals surface area contributed by atoms with Crippen molar-refractivity contribution in [2.75, 3.05) is 0 Å². The van der Waals surface area contributed by atoms with Crippen molar-refractivity contribution in [2.24, 2.45) is 0 Å². The van der Waals surface area contributed by atoms with Gasteiger partial charge in [0.2, 0.25) is 5.89 Å². The number of carbonyl (C=O) groups is 1. The largest absolute Gasteiger partial charge is 0.447 e. The maximum atomic E-state index is 13.3. The van der Waals surface area contributed by atoms with Gasteiger partial charge in [-0.05, 0) is 47.6 Å². The molecule has 0 aliphatic heterocycles. The Hall–Kier alpha value is -2.99. The van der Waals surface area contributed by atoms with E-state index in [1.165, 1.54) is 29.5 Å². The molecule has 0 saturated heterocycles. The zero-order chi connectivity index (χ0) is 21.8. The molecule has 0 spiro atoms. The fourth-order valence-corrected chi connectivity index (χ4v) is 3.45. The van der Waals surface area contributed by atoms with Crippen LogP contribution >= 0.6 is 0 Å². The molecule has 1 aliphatic carbocycles. The topological polar surface area (TPSA) is 58.4 Å². The molecule has 162 valence electrons. The highest BCUT2D eigenvalue weighted by atomic mass is 19.1. The molecule has 1 N–H and O–H groups in total. The van der Waals surface area contributed by atoms with Crippen LogP contribution in [0.3, 0.4) is 0 Å². The van der Waals surface area contributed by atoms with Crippen molar-refractivity contribution in [3.63, 3.8) is 0 Å². The summed E-state index contributed by atoms with van der Waals surface area (Å²) in [7, 11) is 0. The van der Waals surface area contributed by atoms with Crippen LogP contribution in [0.2, 0.25) is 0 Å². The monoisotopic (exact) mass is 421 g/mol. The van der Waals surface area contributed by atoms with Crippen LogP contribution in [0.4, 0.5) is 4.39 Å². The Bertz CT molecular complexity index is 1010. The van der Waals surface area contributed by atoms with E-state index in [0.29, 0.717) is 37.1 Å². The van der Waals surface area contributed by atoms with Gasteiger partial charge in [0.25, 0.3) is 5.91 Å². The predicted molar refractivity (Wildman–Crippen MR) is 117 cm³/mol. The van der Waals surface area contributed by atoms with Crippen LogP contribution in [0.15, 0.2) is 59.2 Å². The van der Waals surface area contributed by atoms with E-state index in [0.717, 1.165) is 18.4 Å². The van der Waals surface area contributed by atoms with Gasteiger partial charge < -0.3 is 9.73 Å². The number of hydrogen-bond donors (Lipinski definition) is 1. The molecule has 2 aromatic carbocycles. The van der Waals surface area contributed by atoms with E-state index >= 15 is 0 Å². The van der Waals surface area contributed by atoms with E-state index < -0.39 is 0 Å². The Morgan fingerprint density at radius 3 is 2.26 bits per heavy atom. The zero-order valence-electron chi connectivity index (χ0n) is 18.0. The molecule has 0 radical (unpaired) electrons. The predicted octanol–water partition coefficient (Wildman–Crippen LogP) is 5.03. The fourth-order valence-electron chi connectivity index (χ4n) is 3.45. The maximum absolute atomic E-state index is 13.3. The van der Waals surface area contributed by atoms with E-state index in [9.17, 15) is 9.18 Å². The summed E-state index contributed by atoms with van der Waals surface area (Å²) in [5, 5.41) is 2.93. The summed E-state index contributed by atoms with van der Waals surface area (Å²) in [5.74, 6) is 0.532.